The van der Waals surface area contributed by atoms with Gasteiger partial charge in [0.2, 0.25) is 10.0 Å². The van der Waals surface area contributed by atoms with Gasteiger partial charge in [0.05, 0.1) is 18.8 Å². The molecule has 0 heterocycles. The zero-order chi connectivity index (χ0) is 15.0. The molecule has 1 rings (SSSR count). The summed E-state index contributed by atoms with van der Waals surface area (Å²) >= 11 is 0. The molecule has 0 saturated carbocycles. The summed E-state index contributed by atoms with van der Waals surface area (Å²) in [6.07, 6.45) is 0.434. The third-order valence-corrected chi connectivity index (χ3v) is 3.98. The average Bonchev–Trinajstić information content (AvgIpc) is 2.39. The van der Waals surface area contributed by atoms with Crippen molar-refractivity contribution in [3.05, 3.63) is 29.8 Å². The molecule has 7 heteroatoms. The molecule has 0 aromatic heterocycles. The van der Waals surface area contributed by atoms with Crippen LogP contribution in [0.3, 0.4) is 0 Å². The van der Waals surface area contributed by atoms with Crippen LogP contribution in [0.1, 0.15) is 18.9 Å². The van der Waals surface area contributed by atoms with Crippen LogP contribution in [0.15, 0.2) is 24.3 Å². The van der Waals surface area contributed by atoms with Crippen molar-refractivity contribution in [2.45, 2.75) is 19.8 Å². The Balaban J connectivity index is 2.32. The van der Waals surface area contributed by atoms with Gasteiger partial charge >= 0.3 is 5.97 Å². The second kappa shape index (κ2) is 7.86. The van der Waals surface area contributed by atoms with E-state index < -0.39 is 16.0 Å². The zero-order valence-electron chi connectivity index (χ0n) is 11.5. The molecule has 1 aromatic rings. The largest absolute Gasteiger partial charge is 0.466 e. The zero-order valence-corrected chi connectivity index (χ0v) is 12.3. The van der Waals surface area contributed by atoms with E-state index in [0.29, 0.717) is 12.1 Å². The Morgan fingerprint density at radius 3 is 2.55 bits per heavy atom. The Morgan fingerprint density at radius 2 is 1.95 bits per heavy atom. The fourth-order valence-electron chi connectivity index (χ4n) is 1.56. The average molecular weight is 300 g/mol. The molecule has 0 bridgehead atoms. The first-order valence-electron chi connectivity index (χ1n) is 6.40. The number of nitrogen functional groups attached to an aromatic ring is 1. The molecule has 0 spiro atoms. The number of carbonyl (C=O) groups is 1. The monoisotopic (exact) mass is 300 g/mol. The van der Waals surface area contributed by atoms with Gasteiger partial charge in [-0.05, 0) is 31.0 Å². The first-order valence-corrected chi connectivity index (χ1v) is 8.05. The molecule has 6 nitrogen and oxygen atoms in total. The summed E-state index contributed by atoms with van der Waals surface area (Å²) in [5, 5.41) is 0. The minimum Gasteiger partial charge on any atom is -0.466 e. The number of sulfonamides is 1. The van der Waals surface area contributed by atoms with Gasteiger partial charge in [0.25, 0.3) is 0 Å². The van der Waals surface area contributed by atoms with Gasteiger partial charge in [0.1, 0.15) is 0 Å². The van der Waals surface area contributed by atoms with Gasteiger partial charge in [-0.2, -0.15) is 0 Å². The fraction of sp³-hybridized carbons (Fsp3) is 0.462. The van der Waals surface area contributed by atoms with E-state index in [0.717, 1.165) is 5.56 Å². The highest BCUT2D eigenvalue weighted by Gasteiger charge is 2.13. The van der Waals surface area contributed by atoms with E-state index in [4.69, 9.17) is 5.73 Å². The number of rotatable bonds is 8. The molecule has 1 aromatic carbocycles. The van der Waals surface area contributed by atoms with Crippen molar-refractivity contribution < 1.29 is 17.9 Å². The summed E-state index contributed by atoms with van der Waals surface area (Å²) < 4.78 is 30.4. The fourth-order valence-corrected chi connectivity index (χ4v) is 2.55. The third-order valence-electron chi connectivity index (χ3n) is 2.60. The van der Waals surface area contributed by atoms with Crippen molar-refractivity contribution in [3.8, 4) is 0 Å². The van der Waals surface area contributed by atoms with E-state index in [2.05, 4.69) is 9.46 Å². The highest BCUT2D eigenvalue weighted by Crippen LogP contribution is 2.05. The van der Waals surface area contributed by atoms with Crippen LogP contribution in [-0.4, -0.2) is 33.3 Å². The normalized spacial score (nSPS) is 11.2. The van der Waals surface area contributed by atoms with Crippen molar-refractivity contribution in [1.29, 1.82) is 0 Å². The van der Waals surface area contributed by atoms with Gasteiger partial charge in [0, 0.05) is 12.2 Å². The summed E-state index contributed by atoms with van der Waals surface area (Å²) in [6, 6.07) is 7.24. The summed E-state index contributed by atoms with van der Waals surface area (Å²) in [5.41, 5.74) is 7.22. The Bertz CT molecular complexity index is 526. The van der Waals surface area contributed by atoms with Crippen LogP contribution in [0.25, 0.3) is 0 Å². The molecule has 20 heavy (non-hydrogen) atoms. The third kappa shape index (κ3) is 6.53. The summed E-state index contributed by atoms with van der Waals surface area (Å²) in [7, 11) is -3.45. The number of carbonyl (C=O) groups excluding carboxylic acids is 1. The molecule has 0 aliphatic heterocycles. The highest BCUT2D eigenvalue weighted by molar-refractivity contribution is 7.89. The number of hydrogen-bond donors (Lipinski definition) is 2. The molecule has 0 amide bonds. The van der Waals surface area contributed by atoms with E-state index >= 15 is 0 Å². The molecule has 3 N–H and O–H groups in total. The number of ether oxygens (including phenoxy) is 1. The molecule has 0 atom stereocenters. The van der Waals surface area contributed by atoms with Gasteiger partial charge in [-0.25, -0.2) is 13.1 Å². The van der Waals surface area contributed by atoms with Crippen LogP contribution in [0.2, 0.25) is 0 Å². The maximum Gasteiger partial charge on any atom is 0.306 e. The molecular formula is C13H20N2O4S. The van der Waals surface area contributed by atoms with E-state index in [1.165, 1.54) is 0 Å². The SMILES string of the molecule is CCOC(=O)CCS(=O)(=O)NCCc1ccc(N)cc1. The standard InChI is InChI=1S/C13H20N2O4S/c1-2-19-13(16)8-10-20(17,18)15-9-7-11-3-5-12(14)6-4-11/h3-6,15H,2,7-10,14H2,1H3. The maximum absolute atomic E-state index is 11.6. The molecular weight excluding hydrogens is 280 g/mol. The minimum absolute atomic E-state index is 0.134. The number of esters is 1. The van der Waals surface area contributed by atoms with Crippen LogP contribution >= 0.6 is 0 Å². The van der Waals surface area contributed by atoms with E-state index in [1.54, 1.807) is 19.1 Å². The lowest BCUT2D eigenvalue weighted by Crippen LogP contribution is -2.29. The second-order valence-electron chi connectivity index (χ2n) is 4.26. The van der Waals surface area contributed by atoms with Crippen LogP contribution < -0.4 is 10.5 Å². The van der Waals surface area contributed by atoms with Crippen LogP contribution in [-0.2, 0) is 26.0 Å². The molecule has 0 aliphatic rings. The van der Waals surface area contributed by atoms with Gasteiger partial charge in [-0.3, -0.25) is 4.79 Å². The van der Waals surface area contributed by atoms with Gasteiger partial charge < -0.3 is 10.5 Å². The topological polar surface area (TPSA) is 98.5 Å². The first-order chi connectivity index (χ1) is 9.43. The second-order valence-corrected chi connectivity index (χ2v) is 6.19. The van der Waals surface area contributed by atoms with E-state index in [9.17, 15) is 13.2 Å². The van der Waals surface area contributed by atoms with Gasteiger partial charge in [0.15, 0.2) is 0 Å². The van der Waals surface area contributed by atoms with Gasteiger partial charge in [-0.15, -0.1) is 0 Å². The predicted octanol–water partition coefficient (Wildman–Crippen LogP) is 0.684. The maximum atomic E-state index is 11.6. The van der Waals surface area contributed by atoms with Crippen molar-refractivity contribution in [3.63, 3.8) is 0 Å². The Kier molecular flexibility index (Phi) is 6.47. The van der Waals surface area contributed by atoms with Crippen LogP contribution in [0.5, 0.6) is 0 Å². The molecule has 0 radical (unpaired) electrons. The van der Waals surface area contributed by atoms with Gasteiger partial charge in [-0.1, -0.05) is 12.1 Å². The van der Waals surface area contributed by atoms with Crippen LogP contribution in [0, 0.1) is 0 Å². The van der Waals surface area contributed by atoms with E-state index in [-0.39, 0.29) is 25.3 Å². The van der Waals surface area contributed by atoms with Crippen LogP contribution in [0.4, 0.5) is 5.69 Å². The lowest BCUT2D eigenvalue weighted by Gasteiger charge is -2.07. The van der Waals surface area contributed by atoms with Crippen molar-refractivity contribution in [2.24, 2.45) is 0 Å². The number of hydrogen-bond acceptors (Lipinski definition) is 5. The van der Waals surface area contributed by atoms with Crippen molar-refractivity contribution in [1.82, 2.24) is 4.72 Å². The Labute approximate surface area is 119 Å². The summed E-state index contributed by atoms with van der Waals surface area (Å²) in [6.45, 7) is 2.22. The molecule has 0 saturated heterocycles. The van der Waals surface area contributed by atoms with Crippen molar-refractivity contribution >= 4 is 21.7 Å². The molecule has 0 aliphatic carbocycles. The number of nitrogens with two attached hydrogens (primary N) is 1. The lowest BCUT2D eigenvalue weighted by molar-refractivity contribution is -0.142. The minimum atomic E-state index is -3.45. The summed E-state index contributed by atoms with van der Waals surface area (Å²) in [4.78, 5) is 11.1. The quantitative estimate of drug-likeness (QED) is 0.543. The van der Waals surface area contributed by atoms with Crippen molar-refractivity contribution in [2.75, 3.05) is 24.6 Å². The molecule has 112 valence electrons. The highest BCUT2D eigenvalue weighted by atomic mass is 32.2. The number of benzene rings is 1. The Morgan fingerprint density at radius 1 is 1.30 bits per heavy atom. The molecule has 0 fully saturated rings. The summed E-state index contributed by atoms with van der Waals surface area (Å²) in [5.74, 6) is -0.760. The Hall–Kier alpha value is -1.60. The van der Waals surface area contributed by atoms with E-state index in [1.807, 2.05) is 12.1 Å². The molecule has 0 unspecified atom stereocenters. The first kappa shape index (κ1) is 16.5. The smallest absolute Gasteiger partial charge is 0.306 e. The predicted molar refractivity (Wildman–Crippen MR) is 77.6 cm³/mol. The number of nitrogens with one attached hydrogen (secondary N) is 1. The lowest BCUT2D eigenvalue weighted by atomic mass is 10.1. The number of anilines is 1.